The Morgan fingerprint density at radius 2 is 2.06 bits per heavy atom. The Bertz CT molecular complexity index is 380. The van der Waals surface area contributed by atoms with Gasteiger partial charge in [0.2, 0.25) is 0 Å². The fourth-order valence-electron chi connectivity index (χ4n) is 1.13. The van der Waals surface area contributed by atoms with Gasteiger partial charge in [-0.3, -0.25) is 4.68 Å². The van der Waals surface area contributed by atoms with Gasteiger partial charge in [0.1, 0.15) is 12.2 Å². The first-order valence-corrected chi connectivity index (χ1v) is 6.00. The first-order chi connectivity index (χ1) is 8.28. The highest BCUT2D eigenvalue weighted by Crippen LogP contribution is 2.19. The van der Waals surface area contributed by atoms with Crippen molar-refractivity contribution in [2.45, 2.75) is 32.2 Å². The van der Waals surface area contributed by atoms with Crippen molar-refractivity contribution in [3.05, 3.63) is 15.5 Å². The van der Waals surface area contributed by atoms with Crippen molar-refractivity contribution in [3.63, 3.8) is 0 Å². The normalized spacial score (nSPS) is 12.4. The van der Waals surface area contributed by atoms with Gasteiger partial charge in [0.05, 0.1) is 23.2 Å². The van der Waals surface area contributed by atoms with Crippen LogP contribution in [0.5, 0.6) is 0 Å². The molecule has 3 nitrogen and oxygen atoms in total. The minimum absolute atomic E-state index is 0.120. The van der Waals surface area contributed by atoms with Crippen LogP contribution in [0.3, 0.4) is 0 Å². The van der Waals surface area contributed by atoms with Crippen LogP contribution in [0.2, 0.25) is 0 Å². The van der Waals surface area contributed by atoms with Crippen LogP contribution >= 0.6 is 22.6 Å². The minimum Gasteiger partial charge on any atom is -0.375 e. The molecular weight excluding hydrogens is 374 g/mol. The van der Waals surface area contributed by atoms with Crippen molar-refractivity contribution >= 4 is 22.6 Å². The molecule has 0 aliphatic heterocycles. The standard InChI is InChI=1S/C9H10F5IN2O/c10-8(11)4-17-3-6(15)7(16-17)5-18-2-1-9(12,13)14/h3,8H,1-2,4-5H2. The van der Waals surface area contributed by atoms with Crippen LogP contribution in [-0.2, 0) is 17.9 Å². The second kappa shape index (κ2) is 6.64. The lowest BCUT2D eigenvalue weighted by Crippen LogP contribution is -2.12. The van der Waals surface area contributed by atoms with Gasteiger partial charge in [0.25, 0.3) is 6.43 Å². The first kappa shape index (κ1) is 15.6. The molecule has 0 aliphatic carbocycles. The van der Waals surface area contributed by atoms with Gasteiger partial charge in [0, 0.05) is 6.20 Å². The Morgan fingerprint density at radius 1 is 1.39 bits per heavy atom. The second-order valence-corrected chi connectivity index (χ2v) is 4.62. The molecule has 0 saturated carbocycles. The van der Waals surface area contributed by atoms with E-state index in [1.807, 2.05) is 22.6 Å². The van der Waals surface area contributed by atoms with E-state index < -0.39 is 32.2 Å². The molecule has 0 saturated heterocycles. The third-order valence-corrected chi connectivity index (χ3v) is 2.78. The van der Waals surface area contributed by atoms with Gasteiger partial charge >= 0.3 is 6.18 Å². The highest BCUT2D eigenvalue weighted by molar-refractivity contribution is 14.1. The third kappa shape index (κ3) is 5.94. The Kier molecular flexibility index (Phi) is 5.76. The largest absolute Gasteiger partial charge is 0.391 e. The van der Waals surface area contributed by atoms with Crippen molar-refractivity contribution in [1.29, 1.82) is 0 Å². The topological polar surface area (TPSA) is 27.1 Å². The van der Waals surface area contributed by atoms with E-state index in [1.54, 1.807) is 0 Å². The average molecular weight is 384 g/mol. The van der Waals surface area contributed by atoms with Gasteiger partial charge in [-0.05, 0) is 22.6 Å². The molecule has 0 unspecified atom stereocenters. The number of hydrogen-bond acceptors (Lipinski definition) is 2. The van der Waals surface area contributed by atoms with E-state index in [4.69, 9.17) is 4.74 Å². The quantitative estimate of drug-likeness (QED) is 0.428. The summed E-state index contributed by atoms with van der Waals surface area (Å²) in [6.45, 7) is -1.13. The molecule has 0 aliphatic rings. The smallest absolute Gasteiger partial charge is 0.375 e. The molecule has 0 radical (unpaired) electrons. The molecular formula is C9H10F5IN2O. The summed E-state index contributed by atoms with van der Waals surface area (Å²) in [5, 5.41) is 3.81. The summed E-state index contributed by atoms with van der Waals surface area (Å²) < 4.78 is 66.1. The number of halogens is 6. The van der Waals surface area contributed by atoms with Crippen LogP contribution in [0.4, 0.5) is 22.0 Å². The Balaban J connectivity index is 2.40. The summed E-state index contributed by atoms with van der Waals surface area (Å²) in [6.07, 6.45) is -6.43. The zero-order chi connectivity index (χ0) is 13.8. The fourth-order valence-corrected chi connectivity index (χ4v) is 1.71. The average Bonchev–Trinajstić information content (AvgIpc) is 2.51. The number of hydrogen-bond donors (Lipinski definition) is 0. The van der Waals surface area contributed by atoms with Crippen molar-refractivity contribution in [1.82, 2.24) is 9.78 Å². The lowest BCUT2D eigenvalue weighted by Gasteiger charge is -2.06. The lowest BCUT2D eigenvalue weighted by molar-refractivity contribution is -0.146. The second-order valence-electron chi connectivity index (χ2n) is 3.45. The van der Waals surface area contributed by atoms with Crippen molar-refractivity contribution in [2.75, 3.05) is 6.61 Å². The van der Waals surface area contributed by atoms with E-state index >= 15 is 0 Å². The number of nitrogens with zero attached hydrogens (tertiary/aromatic N) is 2. The van der Waals surface area contributed by atoms with Crippen LogP contribution in [0, 0.1) is 3.57 Å². The molecule has 1 rings (SSSR count). The van der Waals surface area contributed by atoms with Crippen LogP contribution in [0.1, 0.15) is 12.1 Å². The highest BCUT2D eigenvalue weighted by Gasteiger charge is 2.26. The van der Waals surface area contributed by atoms with Crippen molar-refractivity contribution < 1.29 is 26.7 Å². The molecule has 0 fully saturated rings. The number of alkyl halides is 5. The number of rotatable bonds is 6. The van der Waals surface area contributed by atoms with Gasteiger partial charge < -0.3 is 4.74 Å². The predicted octanol–water partition coefficient (Wildman–Crippen LogP) is 3.22. The number of ether oxygens (including phenoxy) is 1. The third-order valence-electron chi connectivity index (χ3n) is 1.88. The lowest BCUT2D eigenvalue weighted by atomic mass is 10.4. The van der Waals surface area contributed by atoms with Gasteiger partial charge in [0.15, 0.2) is 0 Å². The molecule has 9 heteroatoms. The van der Waals surface area contributed by atoms with Gasteiger partial charge in [-0.15, -0.1) is 0 Å². The summed E-state index contributed by atoms with van der Waals surface area (Å²) in [5.41, 5.74) is 0.360. The Labute approximate surface area is 113 Å². The molecule has 0 atom stereocenters. The Hall–Kier alpha value is -0.450. The summed E-state index contributed by atoms with van der Waals surface area (Å²) in [4.78, 5) is 0. The van der Waals surface area contributed by atoms with Crippen LogP contribution in [0.25, 0.3) is 0 Å². The Morgan fingerprint density at radius 3 is 2.61 bits per heavy atom. The van der Waals surface area contributed by atoms with Crippen molar-refractivity contribution in [3.8, 4) is 0 Å². The van der Waals surface area contributed by atoms with E-state index in [0.717, 1.165) is 4.68 Å². The van der Waals surface area contributed by atoms with E-state index in [0.29, 0.717) is 9.26 Å². The predicted molar refractivity (Wildman–Crippen MR) is 61.3 cm³/mol. The van der Waals surface area contributed by atoms with E-state index in [-0.39, 0.29) is 6.61 Å². The minimum atomic E-state index is -4.26. The molecule has 1 aromatic rings. The maximum absolute atomic E-state index is 12.1. The summed E-state index contributed by atoms with van der Waals surface area (Å²) in [7, 11) is 0. The van der Waals surface area contributed by atoms with Gasteiger partial charge in [-0.25, -0.2) is 8.78 Å². The van der Waals surface area contributed by atoms with Crippen LogP contribution in [-0.4, -0.2) is 29.0 Å². The molecule has 104 valence electrons. The molecule has 1 aromatic heterocycles. The maximum atomic E-state index is 12.1. The molecule has 1 heterocycles. The molecule has 0 aromatic carbocycles. The zero-order valence-corrected chi connectivity index (χ0v) is 11.2. The van der Waals surface area contributed by atoms with Gasteiger partial charge in [-0.1, -0.05) is 0 Å². The zero-order valence-electron chi connectivity index (χ0n) is 9.05. The molecule has 0 amide bonds. The van der Waals surface area contributed by atoms with E-state index in [9.17, 15) is 22.0 Å². The summed E-state index contributed by atoms with van der Waals surface area (Å²) >= 11 is 1.87. The summed E-state index contributed by atoms with van der Waals surface area (Å²) in [6, 6.07) is 0. The number of aromatic nitrogens is 2. The molecule has 0 N–H and O–H groups in total. The first-order valence-electron chi connectivity index (χ1n) is 4.92. The monoisotopic (exact) mass is 384 g/mol. The van der Waals surface area contributed by atoms with Gasteiger partial charge in [-0.2, -0.15) is 18.3 Å². The molecule has 0 spiro atoms. The van der Waals surface area contributed by atoms with Crippen LogP contribution < -0.4 is 0 Å². The van der Waals surface area contributed by atoms with E-state index in [2.05, 4.69) is 5.10 Å². The fraction of sp³-hybridized carbons (Fsp3) is 0.667. The van der Waals surface area contributed by atoms with Crippen LogP contribution in [0.15, 0.2) is 6.20 Å². The maximum Gasteiger partial charge on any atom is 0.391 e. The molecule has 0 bridgehead atoms. The van der Waals surface area contributed by atoms with Crippen molar-refractivity contribution in [2.24, 2.45) is 0 Å². The summed E-state index contributed by atoms with van der Waals surface area (Å²) in [5.74, 6) is 0. The highest BCUT2D eigenvalue weighted by atomic mass is 127. The van der Waals surface area contributed by atoms with E-state index in [1.165, 1.54) is 6.20 Å². The molecule has 18 heavy (non-hydrogen) atoms. The SMILES string of the molecule is FC(F)Cn1cc(I)c(COCCC(F)(F)F)n1.